The van der Waals surface area contributed by atoms with Crippen LogP contribution >= 0.6 is 0 Å². The Morgan fingerprint density at radius 3 is 1.40 bits per heavy atom. The van der Waals surface area contributed by atoms with E-state index in [0.717, 1.165) is 0 Å². The van der Waals surface area contributed by atoms with Gasteiger partial charge in [-0.2, -0.15) is 30.7 Å². The van der Waals surface area contributed by atoms with E-state index < -0.39 is 29.8 Å². The van der Waals surface area contributed by atoms with Crippen molar-refractivity contribution in [3.63, 3.8) is 0 Å². The van der Waals surface area contributed by atoms with Gasteiger partial charge in [0.15, 0.2) is 0 Å². The Labute approximate surface area is 76.5 Å². The van der Waals surface area contributed by atoms with Gasteiger partial charge >= 0.3 is 29.8 Å². The number of carbonyl (C=O) groups excluding carboxylic acids is 1. The highest BCUT2D eigenvalue weighted by Gasteiger charge is 2.78. The van der Waals surface area contributed by atoms with Gasteiger partial charge < -0.3 is 5.11 Å². The second-order valence-electron chi connectivity index (χ2n) is 2.30. The maximum absolute atomic E-state index is 12.1. The Kier molecular flexibility index (Phi) is 3.05. The molecule has 0 amide bonds. The second-order valence-corrected chi connectivity index (χ2v) is 2.30. The van der Waals surface area contributed by atoms with Crippen molar-refractivity contribution in [1.82, 2.24) is 0 Å². The van der Waals surface area contributed by atoms with Crippen LogP contribution in [-0.2, 0) is 9.59 Å². The van der Waals surface area contributed by atoms with Gasteiger partial charge in [-0.05, 0) is 0 Å². The van der Waals surface area contributed by atoms with Crippen molar-refractivity contribution in [2.75, 3.05) is 0 Å². The fourth-order valence-electron chi connectivity index (χ4n) is 0.455. The summed E-state index contributed by atoms with van der Waals surface area (Å²) in [4.78, 5) is 18.9. The first kappa shape index (κ1) is 13.7. The van der Waals surface area contributed by atoms with E-state index >= 15 is 0 Å². The minimum Gasteiger partial charge on any atom is -0.477 e. The molecule has 0 aliphatic heterocycles. The SMILES string of the molecule is O=C(O)C(F)(F)C(F)(F)C(F)(F)C(=O)F. The molecule has 0 spiro atoms. The molecule has 0 aromatic carbocycles. The van der Waals surface area contributed by atoms with Crippen LogP contribution in [0.5, 0.6) is 0 Å². The predicted octanol–water partition coefficient (Wildman–Crippen LogP) is 1.47. The van der Waals surface area contributed by atoms with Crippen molar-refractivity contribution >= 4 is 12.0 Å². The fraction of sp³-hybridized carbons (Fsp3) is 0.600. The van der Waals surface area contributed by atoms with Crippen molar-refractivity contribution in [3.05, 3.63) is 0 Å². The lowest BCUT2D eigenvalue weighted by molar-refractivity contribution is -0.295. The Hall–Kier alpha value is -1.35. The zero-order valence-electron chi connectivity index (χ0n) is 6.41. The maximum atomic E-state index is 12.1. The number of carbonyl (C=O) groups is 2. The molecule has 15 heavy (non-hydrogen) atoms. The number of hydrogen-bond donors (Lipinski definition) is 1. The van der Waals surface area contributed by atoms with Gasteiger partial charge in [-0.3, -0.25) is 4.79 Å². The third-order valence-electron chi connectivity index (χ3n) is 1.30. The average molecular weight is 242 g/mol. The molecule has 0 rings (SSSR count). The van der Waals surface area contributed by atoms with Crippen LogP contribution in [-0.4, -0.2) is 34.9 Å². The Morgan fingerprint density at radius 2 is 1.20 bits per heavy atom. The van der Waals surface area contributed by atoms with E-state index in [4.69, 9.17) is 5.11 Å². The first-order valence-corrected chi connectivity index (χ1v) is 2.95. The van der Waals surface area contributed by atoms with Crippen molar-refractivity contribution in [3.8, 4) is 0 Å². The molecule has 0 aliphatic carbocycles. The van der Waals surface area contributed by atoms with Gasteiger partial charge in [-0.1, -0.05) is 0 Å². The molecule has 0 radical (unpaired) electrons. The standard InChI is InChI=1S/C5HF7O3/c6-1(13)3(7,8)5(11,12)4(9,10)2(14)15/h(H,14,15). The van der Waals surface area contributed by atoms with Crippen LogP contribution in [0.4, 0.5) is 30.7 Å². The van der Waals surface area contributed by atoms with E-state index in [9.17, 15) is 40.3 Å². The van der Waals surface area contributed by atoms with Crippen molar-refractivity contribution in [1.29, 1.82) is 0 Å². The molecule has 1 N–H and O–H groups in total. The van der Waals surface area contributed by atoms with Gasteiger partial charge in [0.2, 0.25) is 0 Å². The monoisotopic (exact) mass is 242 g/mol. The summed E-state index contributed by atoms with van der Waals surface area (Å²) in [5.41, 5.74) is 0. The van der Waals surface area contributed by atoms with E-state index in [-0.39, 0.29) is 0 Å². The lowest BCUT2D eigenvalue weighted by atomic mass is 10.1. The molecule has 0 saturated heterocycles. The van der Waals surface area contributed by atoms with Crippen LogP contribution in [0, 0.1) is 0 Å². The van der Waals surface area contributed by atoms with Crippen LogP contribution in [0.3, 0.4) is 0 Å². The molecule has 0 fully saturated rings. The summed E-state index contributed by atoms with van der Waals surface area (Å²) in [6.45, 7) is 0. The third-order valence-corrected chi connectivity index (χ3v) is 1.30. The number of carboxylic acid groups (broad SMARTS) is 1. The molecule has 0 saturated carbocycles. The second kappa shape index (κ2) is 3.35. The Bertz CT molecular complexity index is 269. The van der Waals surface area contributed by atoms with Crippen LogP contribution < -0.4 is 0 Å². The highest BCUT2D eigenvalue weighted by atomic mass is 19.3. The summed E-state index contributed by atoms with van der Waals surface area (Å²) < 4.78 is 83.6. The van der Waals surface area contributed by atoms with Gasteiger partial charge in [-0.25, -0.2) is 4.79 Å². The molecule has 0 aliphatic rings. The molecular formula is C5HF7O3. The normalized spacial score (nSPS) is 13.8. The number of alkyl halides is 6. The molecule has 88 valence electrons. The number of rotatable bonds is 4. The Morgan fingerprint density at radius 1 is 0.867 bits per heavy atom. The van der Waals surface area contributed by atoms with Gasteiger partial charge in [0.1, 0.15) is 0 Å². The minimum absolute atomic E-state index is 3.60. The van der Waals surface area contributed by atoms with E-state index in [1.807, 2.05) is 0 Å². The summed E-state index contributed by atoms with van der Waals surface area (Å²) in [5.74, 6) is -22.9. The van der Waals surface area contributed by atoms with E-state index in [1.54, 1.807) is 0 Å². The van der Waals surface area contributed by atoms with Crippen molar-refractivity contribution < 1.29 is 45.4 Å². The van der Waals surface area contributed by atoms with Gasteiger partial charge in [0, 0.05) is 0 Å². The molecule has 0 aromatic heterocycles. The number of carboxylic acids is 1. The highest BCUT2D eigenvalue weighted by Crippen LogP contribution is 2.46. The van der Waals surface area contributed by atoms with Crippen LogP contribution in [0.1, 0.15) is 0 Å². The van der Waals surface area contributed by atoms with Crippen LogP contribution in [0.25, 0.3) is 0 Å². The molecule has 10 heteroatoms. The fourth-order valence-corrected chi connectivity index (χ4v) is 0.455. The van der Waals surface area contributed by atoms with Gasteiger partial charge in [-0.15, -0.1) is 0 Å². The highest BCUT2D eigenvalue weighted by molar-refractivity contribution is 5.83. The molecular weight excluding hydrogens is 241 g/mol. The first-order valence-electron chi connectivity index (χ1n) is 2.95. The average Bonchev–Trinajstić information content (AvgIpc) is 2.02. The number of halogens is 7. The van der Waals surface area contributed by atoms with E-state index in [0.29, 0.717) is 0 Å². The van der Waals surface area contributed by atoms with Gasteiger partial charge in [0.25, 0.3) is 0 Å². The van der Waals surface area contributed by atoms with E-state index in [2.05, 4.69) is 0 Å². The number of hydrogen-bond acceptors (Lipinski definition) is 2. The van der Waals surface area contributed by atoms with Crippen molar-refractivity contribution in [2.45, 2.75) is 17.8 Å². The smallest absolute Gasteiger partial charge is 0.411 e. The minimum atomic E-state index is -6.66. The van der Waals surface area contributed by atoms with Crippen LogP contribution in [0.2, 0.25) is 0 Å². The summed E-state index contributed by atoms with van der Waals surface area (Å²) in [5, 5.41) is 7.52. The first-order chi connectivity index (χ1) is 6.39. The van der Waals surface area contributed by atoms with Gasteiger partial charge in [0.05, 0.1) is 0 Å². The maximum Gasteiger partial charge on any atom is 0.411 e. The van der Waals surface area contributed by atoms with E-state index in [1.165, 1.54) is 0 Å². The molecule has 3 nitrogen and oxygen atoms in total. The Balaban J connectivity index is 5.50. The topological polar surface area (TPSA) is 54.4 Å². The van der Waals surface area contributed by atoms with Crippen LogP contribution in [0.15, 0.2) is 0 Å². The molecule has 0 bridgehead atoms. The molecule has 0 heterocycles. The summed E-state index contributed by atoms with van der Waals surface area (Å²) in [7, 11) is 0. The molecule has 0 unspecified atom stereocenters. The quantitative estimate of drug-likeness (QED) is 0.599. The lowest BCUT2D eigenvalue weighted by Gasteiger charge is -2.26. The third kappa shape index (κ3) is 1.75. The summed E-state index contributed by atoms with van der Waals surface area (Å²) in [6.07, 6.45) is 0. The molecule has 0 aromatic rings. The summed E-state index contributed by atoms with van der Waals surface area (Å²) in [6, 6.07) is -4.05. The van der Waals surface area contributed by atoms with Crippen molar-refractivity contribution in [2.24, 2.45) is 0 Å². The summed E-state index contributed by atoms with van der Waals surface area (Å²) >= 11 is 0. The zero-order valence-corrected chi connectivity index (χ0v) is 6.41. The largest absolute Gasteiger partial charge is 0.477 e. The lowest BCUT2D eigenvalue weighted by Crippen LogP contribution is -2.60. The predicted molar refractivity (Wildman–Crippen MR) is 28.6 cm³/mol. The number of aliphatic carboxylic acids is 1. The zero-order chi connectivity index (χ0) is 12.7. The molecule has 0 atom stereocenters.